The first-order valence-corrected chi connectivity index (χ1v) is 6.43. The quantitative estimate of drug-likeness (QED) is 0.485. The number of likely N-dealkylation sites (N-methyl/N-ethyl adjacent to an activating group) is 2. The minimum atomic E-state index is -0.0390. The van der Waals surface area contributed by atoms with Crippen LogP contribution in [0.15, 0.2) is 6.07 Å². The van der Waals surface area contributed by atoms with Gasteiger partial charge in [-0.3, -0.25) is 4.79 Å². The molecule has 0 aliphatic rings. The van der Waals surface area contributed by atoms with E-state index in [1.807, 2.05) is 14.0 Å². The number of anilines is 2. The Hall–Kier alpha value is -1.89. The summed E-state index contributed by atoms with van der Waals surface area (Å²) in [5.74, 6) is 7.30. The van der Waals surface area contributed by atoms with Crippen molar-refractivity contribution in [1.29, 1.82) is 0 Å². The number of rotatable bonds is 7. The highest BCUT2D eigenvalue weighted by atomic mass is 16.2. The van der Waals surface area contributed by atoms with Gasteiger partial charge in [-0.05, 0) is 13.3 Å². The van der Waals surface area contributed by atoms with E-state index in [9.17, 15) is 4.79 Å². The van der Waals surface area contributed by atoms with Gasteiger partial charge in [0.1, 0.15) is 17.5 Å². The summed E-state index contributed by atoms with van der Waals surface area (Å²) >= 11 is 0. The molecule has 7 heteroatoms. The van der Waals surface area contributed by atoms with Gasteiger partial charge in [-0.25, -0.2) is 15.8 Å². The molecule has 0 fully saturated rings. The van der Waals surface area contributed by atoms with Crippen LogP contribution in [0, 0.1) is 0 Å². The molecule has 0 bridgehead atoms. The van der Waals surface area contributed by atoms with E-state index in [2.05, 4.69) is 27.6 Å². The number of aryl methyl sites for hydroxylation is 1. The van der Waals surface area contributed by atoms with Crippen LogP contribution in [0.3, 0.4) is 0 Å². The van der Waals surface area contributed by atoms with Crippen molar-refractivity contribution in [2.45, 2.75) is 26.7 Å². The lowest BCUT2D eigenvalue weighted by atomic mass is 10.3. The third-order valence-electron chi connectivity index (χ3n) is 2.53. The maximum atomic E-state index is 11.6. The van der Waals surface area contributed by atoms with Gasteiger partial charge in [-0.15, -0.1) is 0 Å². The first kappa shape index (κ1) is 15.2. The Kier molecular flexibility index (Phi) is 6.01. The van der Waals surface area contributed by atoms with Crippen molar-refractivity contribution < 1.29 is 4.79 Å². The number of carbonyl (C=O) groups is 1. The molecule has 1 rings (SSSR count). The second-order valence-corrected chi connectivity index (χ2v) is 4.23. The zero-order valence-corrected chi connectivity index (χ0v) is 11.7. The van der Waals surface area contributed by atoms with Gasteiger partial charge >= 0.3 is 0 Å². The third kappa shape index (κ3) is 4.70. The Balaban J connectivity index is 2.85. The molecule has 1 aromatic heterocycles. The molecule has 0 saturated carbocycles. The molecule has 0 spiro atoms. The number of nitrogens with two attached hydrogens (primary N) is 1. The molecule has 1 heterocycles. The molecule has 4 N–H and O–H groups in total. The normalized spacial score (nSPS) is 10.1. The third-order valence-corrected chi connectivity index (χ3v) is 2.53. The number of hydrazine groups is 1. The second-order valence-electron chi connectivity index (χ2n) is 4.23. The molecule has 0 unspecified atom stereocenters. The zero-order valence-electron chi connectivity index (χ0n) is 11.7. The van der Waals surface area contributed by atoms with Crippen LogP contribution in [0.1, 0.15) is 26.1 Å². The highest BCUT2D eigenvalue weighted by molar-refractivity contribution is 5.80. The van der Waals surface area contributed by atoms with Crippen molar-refractivity contribution in [3.8, 4) is 0 Å². The standard InChI is InChI=1S/C12H22N6O/c1-4-6-9-15-10(17-13)7-11(16-9)18(3)8-12(19)14-5-2/h7H,4-6,8,13H2,1-3H3,(H,14,19)(H,15,16,17). The lowest BCUT2D eigenvalue weighted by Gasteiger charge is -2.18. The number of amides is 1. The van der Waals surface area contributed by atoms with Crippen molar-refractivity contribution in [2.24, 2.45) is 5.84 Å². The van der Waals surface area contributed by atoms with E-state index in [-0.39, 0.29) is 12.5 Å². The number of aromatic nitrogens is 2. The molecule has 1 aromatic rings. The maximum absolute atomic E-state index is 11.6. The van der Waals surface area contributed by atoms with Crippen LogP contribution in [0.2, 0.25) is 0 Å². The van der Waals surface area contributed by atoms with Gasteiger partial charge in [0.15, 0.2) is 0 Å². The largest absolute Gasteiger partial charge is 0.355 e. The average Bonchev–Trinajstić information content (AvgIpc) is 2.38. The summed E-state index contributed by atoms with van der Waals surface area (Å²) in [5, 5.41) is 2.75. The maximum Gasteiger partial charge on any atom is 0.239 e. The lowest BCUT2D eigenvalue weighted by Crippen LogP contribution is -2.35. The van der Waals surface area contributed by atoms with E-state index in [1.54, 1.807) is 11.0 Å². The molecule has 106 valence electrons. The van der Waals surface area contributed by atoms with Gasteiger partial charge in [-0.1, -0.05) is 6.92 Å². The summed E-state index contributed by atoms with van der Waals surface area (Å²) < 4.78 is 0. The van der Waals surface area contributed by atoms with Crippen LogP contribution in [-0.4, -0.2) is 36.0 Å². The topological polar surface area (TPSA) is 96.2 Å². The molecule has 1 amide bonds. The number of nitrogens with zero attached hydrogens (tertiary/aromatic N) is 3. The van der Waals surface area contributed by atoms with Crippen LogP contribution < -0.4 is 21.5 Å². The molecular formula is C12H22N6O. The average molecular weight is 266 g/mol. The molecular weight excluding hydrogens is 244 g/mol. The van der Waals surface area contributed by atoms with Gasteiger partial charge in [0, 0.05) is 26.1 Å². The van der Waals surface area contributed by atoms with Crippen molar-refractivity contribution >= 4 is 17.5 Å². The molecule has 0 aliphatic heterocycles. The summed E-state index contributed by atoms with van der Waals surface area (Å²) in [6, 6.07) is 1.72. The molecule has 19 heavy (non-hydrogen) atoms. The van der Waals surface area contributed by atoms with Crippen LogP contribution in [-0.2, 0) is 11.2 Å². The van der Waals surface area contributed by atoms with Gasteiger partial charge in [-0.2, -0.15) is 0 Å². The van der Waals surface area contributed by atoms with Crippen LogP contribution in [0.5, 0.6) is 0 Å². The van der Waals surface area contributed by atoms with Crippen molar-refractivity contribution in [3.63, 3.8) is 0 Å². The Morgan fingerprint density at radius 3 is 2.74 bits per heavy atom. The van der Waals surface area contributed by atoms with E-state index in [0.717, 1.165) is 18.7 Å². The van der Waals surface area contributed by atoms with E-state index in [1.165, 1.54) is 0 Å². The minimum Gasteiger partial charge on any atom is -0.355 e. The summed E-state index contributed by atoms with van der Waals surface area (Å²) in [5.41, 5.74) is 2.52. The van der Waals surface area contributed by atoms with Crippen molar-refractivity contribution in [2.75, 3.05) is 30.5 Å². The fraction of sp³-hybridized carbons (Fsp3) is 0.583. The Morgan fingerprint density at radius 1 is 1.42 bits per heavy atom. The van der Waals surface area contributed by atoms with Crippen LogP contribution in [0.25, 0.3) is 0 Å². The Morgan fingerprint density at radius 2 is 2.16 bits per heavy atom. The molecule has 0 radical (unpaired) electrons. The Bertz CT molecular complexity index is 423. The van der Waals surface area contributed by atoms with Crippen LogP contribution in [0.4, 0.5) is 11.6 Å². The van der Waals surface area contributed by atoms with E-state index >= 15 is 0 Å². The van der Waals surface area contributed by atoms with E-state index in [0.29, 0.717) is 18.2 Å². The lowest BCUT2D eigenvalue weighted by molar-refractivity contribution is -0.119. The monoisotopic (exact) mass is 266 g/mol. The number of hydrogen-bond donors (Lipinski definition) is 3. The first-order chi connectivity index (χ1) is 9.10. The summed E-state index contributed by atoms with van der Waals surface area (Å²) in [6.45, 7) is 4.82. The first-order valence-electron chi connectivity index (χ1n) is 6.43. The molecule has 0 aliphatic carbocycles. The SMILES string of the molecule is CCCc1nc(NN)cc(N(C)CC(=O)NCC)n1. The summed E-state index contributed by atoms with van der Waals surface area (Å²) in [6.07, 6.45) is 1.73. The van der Waals surface area contributed by atoms with Crippen molar-refractivity contribution in [3.05, 3.63) is 11.9 Å². The molecule has 0 aromatic carbocycles. The molecule has 7 nitrogen and oxygen atoms in total. The highest BCUT2D eigenvalue weighted by Gasteiger charge is 2.10. The summed E-state index contributed by atoms with van der Waals surface area (Å²) in [7, 11) is 1.81. The fourth-order valence-corrected chi connectivity index (χ4v) is 1.64. The number of nitrogen functional groups attached to an aromatic ring is 1. The number of nitrogens with one attached hydrogen (secondary N) is 2. The molecule has 0 atom stereocenters. The Labute approximate surface area is 113 Å². The van der Waals surface area contributed by atoms with Crippen molar-refractivity contribution in [1.82, 2.24) is 15.3 Å². The predicted molar refractivity (Wildman–Crippen MR) is 75.8 cm³/mol. The predicted octanol–water partition coefficient (Wildman–Crippen LogP) is 0.287. The second kappa shape index (κ2) is 7.52. The fourth-order valence-electron chi connectivity index (χ4n) is 1.64. The van der Waals surface area contributed by atoms with Gasteiger partial charge in [0.25, 0.3) is 0 Å². The molecule has 0 saturated heterocycles. The number of hydrogen-bond acceptors (Lipinski definition) is 6. The summed E-state index contributed by atoms with van der Waals surface area (Å²) in [4.78, 5) is 22.0. The van der Waals surface area contributed by atoms with Gasteiger partial charge < -0.3 is 15.6 Å². The van der Waals surface area contributed by atoms with Gasteiger partial charge in [0.2, 0.25) is 5.91 Å². The number of carbonyl (C=O) groups excluding carboxylic acids is 1. The van der Waals surface area contributed by atoms with E-state index < -0.39 is 0 Å². The highest BCUT2D eigenvalue weighted by Crippen LogP contribution is 2.14. The zero-order chi connectivity index (χ0) is 14.3. The minimum absolute atomic E-state index is 0.0390. The van der Waals surface area contributed by atoms with E-state index in [4.69, 9.17) is 5.84 Å². The van der Waals surface area contributed by atoms with Gasteiger partial charge in [0.05, 0.1) is 6.54 Å². The smallest absolute Gasteiger partial charge is 0.239 e. The van der Waals surface area contributed by atoms with Crippen LogP contribution >= 0.6 is 0 Å².